The lowest BCUT2D eigenvalue weighted by Crippen LogP contribution is -2.35. The Morgan fingerprint density at radius 1 is 1.26 bits per heavy atom. The summed E-state index contributed by atoms with van der Waals surface area (Å²) in [5, 5.41) is 11.4. The molecule has 7 nitrogen and oxygen atoms in total. The molecule has 1 aliphatic rings. The zero-order chi connectivity index (χ0) is 19.6. The Balaban J connectivity index is 1.89. The third-order valence-corrected chi connectivity index (χ3v) is 4.40. The van der Waals surface area contributed by atoms with Crippen LogP contribution < -0.4 is 10.2 Å². The molecule has 10 heteroatoms. The number of amides is 1. The topological polar surface area (TPSA) is 95.4 Å². The van der Waals surface area contributed by atoms with E-state index in [0.29, 0.717) is 12.0 Å². The number of nitrogens with one attached hydrogen (secondary N) is 1. The van der Waals surface area contributed by atoms with Crippen LogP contribution in [0.25, 0.3) is 0 Å². The van der Waals surface area contributed by atoms with E-state index in [2.05, 4.69) is 15.3 Å². The number of nitrogens with zero attached hydrogens (tertiary/aromatic N) is 3. The summed E-state index contributed by atoms with van der Waals surface area (Å²) in [6, 6.07) is 0.541. The van der Waals surface area contributed by atoms with E-state index in [1.807, 2.05) is 4.90 Å². The van der Waals surface area contributed by atoms with E-state index < -0.39 is 35.1 Å². The van der Waals surface area contributed by atoms with Crippen LogP contribution in [0.4, 0.5) is 14.7 Å². The maximum atomic E-state index is 13.9. The van der Waals surface area contributed by atoms with Gasteiger partial charge >= 0.3 is 5.97 Å². The van der Waals surface area contributed by atoms with Crippen LogP contribution in [-0.2, 0) is 4.79 Å². The SMILES string of the molecule is O=C(N[C@H](C(=O)O)c1cc(F)ccc1F)c1nc(N2CCCC2)ncc1Cl. The summed E-state index contributed by atoms with van der Waals surface area (Å²) in [5.74, 6) is -3.98. The number of carboxylic acid groups (broad SMARTS) is 1. The van der Waals surface area contributed by atoms with Crippen molar-refractivity contribution in [1.82, 2.24) is 15.3 Å². The second-order valence-electron chi connectivity index (χ2n) is 5.97. The fraction of sp³-hybridized carbons (Fsp3) is 0.294. The summed E-state index contributed by atoms with van der Waals surface area (Å²) in [5.41, 5.74) is -0.752. The monoisotopic (exact) mass is 396 g/mol. The van der Waals surface area contributed by atoms with Crippen molar-refractivity contribution in [1.29, 1.82) is 0 Å². The Labute approximate surface area is 158 Å². The van der Waals surface area contributed by atoms with Crippen molar-refractivity contribution >= 4 is 29.4 Å². The van der Waals surface area contributed by atoms with E-state index in [-0.39, 0.29) is 10.7 Å². The van der Waals surface area contributed by atoms with Gasteiger partial charge in [0, 0.05) is 18.7 Å². The Bertz CT molecular complexity index is 890. The fourth-order valence-electron chi connectivity index (χ4n) is 2.79. The predicted octanol–water partition coefficient (Wildman–Crippen LogP) is 2.56. The summed E-state index contributed by atoms with van der Waals surface area (Å²) >= 11 is 5.98. The zero-order valence-electron chi connectivity index (χ0n) is 14.0. The number of halogens is 3. The first-order chi connectivity index (χ1) is 12.9. The van der Waals surface area contributed by atoms with Gasteiger partial charge in [-0.2, -0.15) is 0 Å². The Kier molecular flexibility index (Phi) is 5.50. The average molecular weight is 397 g/mol. The summed E-state index contributed by atoms with van der Waals surface area (Å²) < 4.78 is 27.3. The summed E-state index contributed by atoms with van der Waals surface area (Å²) in [4.78, 5) is 34.1. The normalized spacial score (nSPS) is 14.9. The van der Waals surface area contributed by atoms with Crippen molar-refractivity contribution < 1.29 is 23.5 Å². The molecule has 1 saturated heterocycles. The molecule has 142 valence electrons. The minimum atomic E-state index is -1.81. The zero-order valence-corrected chi connectivity index (χ0v) is 14.7. The highest BCUT2D eigenvalue weighted by Gasteiger charge is 2.28. The van der Waals surface area contributed by atoms with Crippen molar-refractivity contribution in [2.24, 2.45) is 0 Å². The first-order valence-corrected chi connectivity index (χ1v) is 8.50. The van der Waals surface area contributed by atoms with Gasteiger partial charge < -0.3 is 15.3 Å². The summed E-state index contributed by atoms with van der Waals surface area (Å²) in [6.45, 7) is 1.46. The number of aromatic nitrogens is 2. The summed E-state index contributed by atoms with van der Waals surface area (Å²) in [7, 11) is 0. The molecule has 2 heterocycles. The maximum absolute atomic E-state index is 13.9. The molecule has 2 N–H and O–H groups in total. The van der Waals surface area contributed by atoms with Crippen LogP contribution in [-0.4, -0.2) is 40.0 Å². The lowest BCUT2D eigenvalue weighted by Gasteiger charge is -2.18. The minimum absolute atomic E-state index is 0.0840. The third-order valence-electron chi connectivity index (χ3n) is 4.13. The van der Waals surface area contributed by atoms with Gasteiger partial charge in [0.2, 0.25) is 5.95 Å². The highest BCUT2D eigenvalue weighted by Crippen LogP contribution is 2.22. The molecule has 0 radical (unpaired) electrons. The largest absolute Gasteiger partial charge is 0.479 e. The van der Waals surface area contributed by atoms with E-state index in [1.165, 1.54) is 6.20 Å². The first kappa shape index (κ1) is 19.0. The Hall–Kier alpha value is -2.81. The van der Waals surface area contributed by atoms with E-state index >= 15 is 0 Å². The first-order valence-electron chi connectivity index (χ1n) is 8.13. The molecule has 0 saturated carbocycles. The van der Waals surface area contributed by atoms with Gasteiger partial charge in [0.1, 0.15) is 11.6 Å². The Morgan fingerprint density at radius 2 is 1.96 bits per heavy atom. The van der Waals surface area contributed by atoms with Gasteiger partial charge in [0.15, 0.2) is 11.7 Å². The molecule has 1 amide bonds. The molecule has 27 heavy (non-hydrogen) atoms. The van der Waals surface area contributed by atoms with Crippen molar-refractivity contribution in [3.8, 4) is 0 Å². The molecule has 0 aliphatic carbocycles. The van der Waals surface area contributed by atoms with Gasteiger partial charge in [-0.1, -0.05) is 11.6 Å². The van der Waals surface area contributed by atoms with Crippen LogP contribution in [0.3, 0.4) is 0 Å². The van der Waals surface area contributed by atoms with Gasteiger partial charge in [-0.3, -0.25) is 4.79 Å². The van der Waals surface area contributed by atoms with Gasteiger partial charge in [-0.15, -0.1) is 0 Å². The molecule has 0 spiro atoms. The van der Waals surface area contributed by atoms with Gasteiger partial charge in [0.05, 0.1) is 11.2 Å². The standard InChI is InChI=1S/C17H15ClF2N4O3/c18-11-8-21-17(24-5-1-2-6-24)23-14(11)15(25)22-13(16(26)27)10-7-9(19)3-4-12(10)20/h3-4,7-8,13H,1-2,5-6H2,(H,22,25)(H,26,27)/t13-/m0/s1. The van der Waals surface area contributed by atoms with E-state index in [0.717, 1.165) is 38.1 Å². The van der Waals surface area contributed by atoms with Gasteiger partial charge in [-0.25, -0.2) is 23.5 Å². The molecule has 0 unspecified atom stereocenters. The van der Waals surface area contributed by atoms with Crippen LogP contribution in [0.2, 0.25) is 5.02 Å². The average Bonchev–Trinajstić information content (AvgIpc) is 3.16. The number of carbonyl (C=O) groups excluding carboxylic acids is 1. The van der Waals surface area contributed by atoms with E-state index in [4.69, 9.17) is 11.6 Å². The van der Waals surface area contributed by atoms with Crippen LogP contribution >= 0.6 is 11.6 Å². The van der Waals surface area contributed by atoms with Crippen LogP contribution in [0.5, 0.6) is 0 Å². The van der Waals surface area contributed by atoms with E-state index in [9.17, 15) is 23.5 Å². The van der Waals surface area contributed by atoms with Gasteiger partial charge in [0.25, 0.3) is 5.91 Å². The second-order valence-corrected chi connectivity index (χ2v) is 6.38. The molecule has 2 aromatic rings. The molecule has 1 fully saturated rings. The molecule has 0 bridgehead atoms. The van der Waals surface area contributed by atoms with Crippen molar-refractivity contribution in [3.05, 3.63) is 52.3 Å². The van der Waals surface area contributed by atoms with Crippen molar-refractivity contribution in [2.45, 2.75) is 18.9 Å². The lowest BCUT2D eigenvalue weighted by molar-refractivity contribution is -0.139. The fourth-order valence-corrected chi connectivity index (χ4v) is 2.97. The number of hydrogen-bond acceptors (Lipinski definition) is 5. The van der Waals surface area contributed by atoms with Crippen molar-refractivity contribution in [3.63, 3.8) is 0 Å². The third kappa shape index (κ3) is 4.13. The molecule has 1 aromatic heterocycles. The number of carbonyl (C=O) groups is 2. The number of anilines is 1. The van der Waals surface area contributed by atoms with Crippen LogP contribution in [0.15, 0.2) is 24.4 Å². The molecular weight excluding hydrogens is 382 g/mol. The summed E-state index contributed by atoms with van der Waals surface area (Å²) in [6.07, 6.45) is 3.18. The lowest BCUT2D eigenvalue weighted by atomic mass is 10.1. The number of hydrogen-bond donors (Lipinski definition) is 2. The van der Waals surface area contributed by atoms with Crippen LogP contribution in [0, 0.1) is 11.6 Å². The molecule has 1 atom stereocenters. The number of aliphatic carboxylic acids is 1. The second kappa shape index (κ2) is 7.83. The van der Waals surface area contributed by atoms with Crippen LogP contribution in [0.1, 0.15) is 34.9 Å². The number of benzene rings is 1. The number of rotatable bonds is 5. The van der Waals surface area contributed by atoms with E-state index in [1.54, 1.807) is 0 Å². The maximum Gasteiger partial charge on any atom is 0.331 e. The molecule has 3 rings (SSSR count). The molecular formula is C17H15ClF2N4O3. The smallest absolute Gasteiger partial charge is 0.331 e. The highest BCUT2D eigenvalue weighted by molar-refractivity contribution is 6.33. The quantitative estimate of drug-likeness (QED) is 0.806. The predicted molar refractivity (Wildman–Crippen MR) is 92.7 cm³/mol. The van der Waals surface area contributed by atoms with Crippen molar-refractivity contribution in [2.75, 3.05) is 18.0 Å². The Morgan fingerprint density at radius 3 is 2.63 bits per heavy atom. The van der Waals surface area contributed by atoms with Gasteiger partial charge in [-0.05, 0) is 31.0 Å². The minimum Gasteiger partial charge on any atom is -0.479 e. The molecule has 1 aromatic carbocycles. The molecule has 1 aliphatic heterocycles. The number of carboxylic acids is 1. The highest BCUT2D eigenvalue weighted by atomic mass is 35.5.